The monoisotopic (exact) mass is 396 g/mol. The minimum atomic E-state index is 0.0946. The number of H-pyrrole nitrogens is 1. The van der Waals surface area contributed by atoms with Crippen molar-refractivity contribution in [2.45, 2.75) is 51.0 Å². The van der Waals surface area contributed by atoms with Crippen molar-refractivity contribution in [2.24, 2.45) is 0 Å². The van der Waals surface area contributed by atoms with E-state index in [1.165, 1.54) is 6.42 Å². The highest BCUT2D eigenvalue weighted by molar-refractivity contribution is 5.83. The Balaban J connectivity index is 1.25. The minimum Gasteiger partial charge on any atom is -0.425 e. The summed E-state index contributed by atoms with van der Waals surface area (Å²) in [5.74, 6) is 1.18. The molecule has 7 nitrogen and oxygen atoms in total. The lowest BCUT2D eigenvalue weighted by Crippen LogP contribution is -2.31. The van der Waals surface area contributed by atoms with Crippen LogP contribution < -0.4 is 0 Å². The largest absolute Gasteiger partial charge is 0.425 e. The predicted molar refractivity (Wildman–Crippen MR) is 110 cm³/mol. The highest BCUT2D eigenvalue weighted by Crippen LogP contribution is 2.20. The third kappa shape index (κ3) is 5.03. The molecule has 0 saturated carbocycles. The molecular formula is C22H28N4O3. The van der Waals surface area contributed by atoms with Crippen LogP contribution in [0.15, 0.2) is 34.9 Å². The number of nitrogens with zero attached hydrogens (tertiary/aromatic N) is 3. The zero-order chi connectivity index (χ0) is 20.1. The summed E-state index contributed by atoms with van der Waals surface area (Å²) in [6.45, 7) is 1.57. The Morgan fingerprint density at radius 2 is 2.10 bits per heavy atom. The summed E-state index contributed by atoms with van der Waals surface area (Å²) in [5, 5.41) is 9.41. The molecule has 7 heteroatoms. The molecule has 0 spiro atoms. The van der Waals surface area contributed by atoms with Crippen molar-refractivity contribution in [3.05, 3.63) is 47.8 Å². The topological polar surface area (TPSA) is 84.2 Å². The molecule has 2 aromatic heterocycles. The van der Waals surface area contributed by atoms with Gasteiger partial charge in [0.15, 0.2) is 0 Å². The van der Waals surface area contributed by atoms with Crippen LogP contribution in [0.4, 0.5) is 0 Å². The first-order valence-corrected chi connectivity index (χ1v) is 10.4. The fourth-order valence-corrected chi connectivity index (χ4v) is 3.80. The zero-order valence-electron chi connectivity index (χ0n) is 16.9. The van der Waals surface area contributed by atoms with Gasteiger partial charge in [-0.3, -0.25) is 4.79 Å². The molecule has 154 valence electrons. The molecule has 4 rings (SSSR count). The molecule has 29 heavy (non-hydrogen) atoms. The highest BCUT2D eigenvalue weighted by atomic mass is 16.5. The van der Waals surface area contributed by atoms with Gasteiger partial charge in [-0.05, 0) is 37.3 Å². The van der Waals surface area contributed by atoms with Crippen LogP contribution in [0.3, 0.4) is 0 Å². The van der Waals surface area contributed by atoms with Crippen molar-refractivity contribution in [1.82, 2.24) is 20.1 Å². The lowest BCUT2D eigenvalue weighted by atomic mass is 10.1. The Kier molecular flexibility index (Phi) is 6.24. The van der Waals surface area contributed by atoms with E-state index in [9.17, 15) is 4.79 Å². The third-order valence-electron chi connectivity index (χ3n) is 5.56. The van der Waals surface area contributed by atoms with Gasteiger partial charge < -0.3 is 19.0 Å². The van der Waals surface area contributed by atoms with E-state index < -0.39 is 0 Å². The van der Waals surface area contributed by atoms with Crippen LogP contribution in [0.25, 0.3) is 10.9 Å². The number of benzene rings is 1. The maximum absolute atomic E-state index is 12.4. The second-order valence-electron chi connectivity index (χ2n) is 7.72. The quantitative estimate of drug-likeness (QED) is 0.630. The van der Waals surface area contributed by atoms with E-state index >= 15 is 0 Å². The Hall–Kier alpha value is -2.67. The number of carbonyl (C=O) groups is 1. The maximum Gasteiger partial charge on any atom is 0.222 e. The summed E-state index contributed by atoms with van der Waals surface area (Å²) < 4.78 is 11.5. The standard InChI is InChI=1S/C22H28N4O3/c1-26(12-11-17-6-4-5-13-28-17)22(27)10-9-20-24-25-21(29-20)14-16-15-23-19-8-3-2-7-18(16)19/h2-3,7-8,15,17,23H,4-6,9-14H2,1H3/t17-/m0/s1. The summed E-state index contributed by atoms with van der Waals surface area (Å²) >= 11 is 0. The molecule has 3 aromatic rings. The molecular weight excluding hydrogens is 368 g/mol. The van der Waals surface area contributed by atoms with Crippen LogP contribution in [0.5, 0.6) is 0 Å². The van der Waals surface area contributed by atoms with Crippen LogP contribution in [0.2, 0.25) is 0 Å². The van der Waals surface area contributed by atoms with Crippen LogP contribution >= 0.6 is 0 Å². The van der Waals surface area contributed by atoms with Crippen molar-refractivity contribution in [3.63, 3.8) is 0 Å². The number of aryl methyl sites for hydroxylation is 1. The van der Waals surface area contributed by atoms with E-state index in [1.807, 2.05) is 31.4 Å². The Labute approximate surface area is 170 Å². The molecule has 1 aliphatic rings. The summed E-state index contributed by atoms with van der Waals surface area (Å²) in [6, 6.07) is 8.14. The molecule has 0 aliphatic carbocycles. The normalized spacial score (nSPS) is 16.9. The molecule has 1 aromatic carbocycles. The number of hydrogen-bond donors (Lipinski definition) is 1. The van der Waals surface area contributed by atoms with Gasteiger partial charge in [-0.15, -0.1) is 10.2 Å². The number of nitrogens with one attached hydrogen (secondary N) is 1. The van der Waals surface area contributed by atoms with Gasteiger partial charge >= 0.3 is 0 Å². The number of carbonyl (C=O) groups excluding carboxylic acids is 1. The summed E-state index contributed by atoms with van der Waals surface area (Å²) in [5.41, 5.74) is 2.21. The van der Waals surface area contributed by atoms with Gasteiger partial charge in [0.05, 0.1) is 12.5 Å². The molecule has 3 heterocycles. The van der Waals surface area contributed by atoms with E-state index in [4.69, 9.17) is 9.15 Å². The van der Waals surface area contributed by atoms with Gasteiger partial charge in [-0.1, -0.05) is 18.2 Å². The number of rotatable bonds is 8. The predicted octanol–water partition coefficient (Wildman–Crippen LogP) is 3.49. The van der Waals surface area contributed by atoms with Gasteiger partial charge in [-0.25, -0.2) is 0 Å². The van der Waals surface area contributed by atoms with E-state index in [0.29, 0.717) is 37.1 Å². The van der Waals surface area contributed by atoms with Gasteiger partial charge in [0.1, 0.15) is 0 Å². The number of hydrogen-bond acceptors (Lipinski definition) is 5. The summed E-state index contributed by atoms with van der Waals surface area (Å²) in [6.07, 6.45) is 8.05. The Morgan fingerprint density at radius 3 is 2.97 bits per heavy atom. The zero-order valence-corrected chi connectivity index (χ0v) is 16.9. The molecule has 1 N–H and O–H groups in total. The van der Waals surface area contributed by atoms with Gasteiger partial charge in [0.2, 0.25) is 17.7 Å². The van der Waals surface area contributed by atoms with Crippen molar-refractivity contribution in [1.29, 1.82) is 0 Å². The van der Waals surface area contributed by atoms with E-state index in [1.54, 1.807) is 4.90 Å². The Bertz CT molecular complexity index is 942. The van der Waals surface area contributed by atoms with Gasteiger partial charge in [-0.2, -0.15) is 0 Å². The molecule has 1 fully saturated rings. The van der Waals surface area contributed by atoms with Crippen molar-refractivity contribution in [2.75, 3.05) is 20.2 Å². The number of aromatic amines is 1. The molecule has 1 saturated heterocycles. The first-order valence-electron chi connectivity index (χ1n) is 10.4. The SMILES string of the molecule is CN(CC[C@@H]1CCCCO1)C(=O)CCc1nnc(Cc2c[nH]c3ccccc23)o1. The summed E-state index contributed by atoms with van der Waals surface area (Å²) in [7, 11) is 1.85. The van der Waals surface area contributed by atoms with E-state index in [0.717, 1.165) is 48.9 Å². The molecule has 0 bridgehead atoms. The molecule has 0 unspecified atom stereocenters. The smallest absolute Gasteiger partial charge is 0.222 e. The van der Waals surface area contributed by atoms with Gasteiger partial charge in [0, 0.05) is 50.1 Å². The van der Waals surface area contributed by atoms with Gasteiger partial charge in [0.25, 0.3) is 0 Å². The average Bonchev–Trinajstić information content (AvgIpc) is 3.38. The number of fused-ring (bicyclic) bond motifs is 1. The number of aromatic nitrogens is 3. The molecule has 1 atom stereocenters. The minimum absolute atomic E-state index is 0.0946. The van der Waals surface area contributed by atoms with Crippen molar-refractivity contribution < 1.29 is 13.9 Å². The molecule has 1 aliphatic heterocycles. The fraction of sp³-hybridized carbons (Fsp3) is 0.500. The molecule has 1 amide bonds. The fourth-order valence-electron chi connectivity index (χ4n) is 3.80. The van der Waals surface area contributed by atoms with E-state index in [-0.39, 0.29) is 5.91 Å². The Morgan fingerprint density at radius 1 is 1.24 bits per heavy atom. The van der Waals surface area contributed by atoms with Crippen LogP contribution in [-0.2, 0) is 22.4 Å². The van der Waals surface area contributed by atoms with Crippen LogP contribution in [-0.4, -0.2) is 52.3 Å². The first kappa shape index (κ1) is 19.6. The second kappa shape index (κ2) is 9.22. The van der Waals surface area contributed by atoms with Crippen molar-refractivity contribution in [3.8, 4) is 0 Å². The number of para-hydroxylation sites is 1. The first-order chi connectivity index (χ1) is 14.2. The third-order valence-corrected chi connectivity index (χ3v) is 5.56. The lowest BCUT2D eigenvalue weighted by Gasteiger charge is -2.25. The summed E-state index contributed by atoms with van der Waals surface area (Å²) in [4.78, 5) is 17.4. The van der Waals surface area contributed by atoms with Crippen LogP contribution in [0.1, 0.15) is 49.4 Å². The second-order valence-corrected chi connectivity index (χ2v) is 7.72. The highest BCUT2D eigenvalue weighted by Gasteiger charge is 2.17. The number of ether oxygens (including phenoxy) is 1. The molecule has 0 radical (unpaired) electrons. The van der Waals surface area contributed by atoms with Crippen LogP contribution in [0, 0.1) is 0 Å². The number of amides is 1. The maximum atomic E-state index is 12.4. The van der Waals surface area contributed by atoms with Crippen molar-refractivity contribution >= 4 is 16.8 Å². The van der Waals surface area contributed by atoms with E-state index in [2.05, 4.69) is 21.2 Å². The lowest BCUT2D eigenvalue weighted by molar-refractivity contribution is -0.130. The average molecular weight is 396 g/mol.